The third-order valence-corrected chi connectivity index (χ3v) is 4.88. The number of nitrogens with two attached hydrogens (primary N) is 1. The number of hydrogen-bond acceptors (Lipinski definition) is 4. The Morgan fingerprint density at radius 2 is 1.76 bits per heavy atom. The third kappa shape index (κ3) is 3.47. The predicted molar refractivity (Wildman–Crippen MR) is 89.7 cm³/mol. The van der Waals surface area contributed by atoms with E-state index in [4.69, 9.17) is 10.7 Å². The minimum atomic E-state index is 0.297. The second-order valence-electron chi connectivity index (χ2n) is 7.58. The third-order valence-electron chi connectivity index (χ3n) is 4.88. The molecule has 1 aliphatic rings. The average Bonchev–Trinajstić information content (AvgIpc) is 2.40. The Kier molecular flexibility index (Phi) is 4.45. The van der Waals surface area contributed by atoms with Gasteiger partial charge in [-0.2, -0.15) is 0 Å². The maximum atomic E-state index is 6.09. The van der Waals surface area contributed by atoms with E-state index in [1.165, 1.54) is 25.7 Å². The second-order valence-corrected chi connectivity index (χ2v) is 7.58. The van der Waals surface area contributed by atoms with Gasteiger partial charge in [0.15, 0.2) is 0 Å². The lowest BCUT2D eigenvalue weighted by Gasteiger charge is -2.39. The molecule has 0 saturated heterocycles. The summed E-state index contributed by atoms with van der Waals surface area (Å²) in [5.41, 5.74) is 7.58. The Balaban J connectivity index is 2.25. The van der Waals surface area contributed by atoms with E-state index in [1.807, 2.05) is 6.92 Å². The fourth-order valence-electron chi connectivity index (χ4n) is 3.09. The van der Waals surface area contributed by atoms with Crippen molar-refractivity contribution in [3.8, 4) is 0 Å². The monoisotopic (exact) mass is 290 g/mol. The van der Waals surface area contributed by atoms with E-state index in [0.717, 1.165) is 17.2 Å². The standard InChI is InChI=1S/C17H30N4/c1-11(2)15-19-14(18)12(3)16(20-15)21(6)13-7-9-17(4,5)10-8-13/h11,13H,7-10H2,1-6H3,(H2,18,19,20). The van der Waals surface area contributed by atoms with Gasteiger partial charge in [-0.15, -0.1) is 0 Å². The zero-order valence-corrected chi connectivity index (χ0v) is 14.4. The van der Waals surface area contributed by atoms with Crippen molar-refractivity contribution < 1.29 is 0 Å². The molecule has 1 aromatic heterocycles. The van der Waals surface area contributed by atoms with Crippen molar-refractivity contribution in [2.75, 3.05) is 17.7 Å². The Morgan fingerprint density at radius 3 is 2.29 bits per heavy atom. The van der Waals surface area contributed by atoms with Crippen LogP contribution in [0.3, 0.4) is 0 Å². The number of hydrogen-bond donors (Lipinski definition) is 1. The molecule has 0 spiro atoms. The van der Waals surface area contributed by atoms with Crippen LogP contribution in [0.4, 0.5) is 11.6 Å². The molecule has 1 saturated carbocycles. The lowest BCUT2D eigenvalue weighted by Crippen LogP contribution is -2.38. The van der Waals surface area contributed by atoms with Crippen LogP contribution in [0.2, 0.25) is 0 Å². The summed E-state index contributed by atoms with van der Waals surface area (Å²) in [6.07, 6.45) is 5.00. The molecule has 1 fully saturated rings. The van der Waals surface area contributed by atoms with Crippen molar-refractivity contribution in [1.82, 2.24) is 9.97 Å². The lowest BCUT2D eigenvalue weighted by molar-refractivity contribution is 0.222. The Bertz CT molecular complexity index is 498. The Labute approximate surface area is 129 Å². The summed E-state index contributed by atoms with van der Waals surface area (Å²) in [6.45, 7) is 11.0. The number of aromatic nitrogens is 2. The van der Waals surface area contributed by atoms with Crippen LogP contribution in [0.1, 0.15) is 70.7 Å². The van der Waals surface area contributed by atoms with E-state index in [2.05, 4.69) is 44.6 Å². The first-order chi connectivity index (χ1) is 9.71. The molecule has 2 N–H and O–H groups in total. The normalized spacial score (nSPS) is 19.0. The zero-order chi connectivity index (χ0) is 15.8. The lowest BCUT2D eigenvalue weighted by atomic mass is 9.75. The molecular weight excluding hydrogens is 260 g/mol. The van der Waals surface area contributed by atoms with Gasteiger partial charge >= 0.3 is 0 Å². The number of anilines is 2. The van der Waals surface area contributed by atoms with Gasteiger partial charge in [-0.1, -0.05) is 27.7 Å². The van der Waals surface area contributed by atoms with Crippen LogP contribution in [0.25, 0.3) is 0 Å². The molecule has 1 aromatic rings. The van der Waals surface area contributed by atoms with Gasteiger partial charge in [0.05, 0.1) is 0 Å². The molecule has 1 aliphatic carbocycles. The van der Waals surface area contributed by atoms with Crippen molar-refractivity contribution in [2.45, 2.75) is 72.3 Å². The molecular formula is C17H30N4. The van der Waals surface area contributed by atoms with Crippen LogP contribution in [-0.2, 0) is 0 Å². The smallest absolute Gasteiger partial charge is 0.137 e. The van der Waals surface area contributed by atoms with Crippen molar-refractivity contribution in [2.24, 2.45) is 5.41 Å². The van der Waals surface area contributed by atoms with Gasteiger partial charge in [-0.25, -0.2) is 9.97 Å². The Morgan fingerprint density at radius 1 is 1.19 bits per heavy atom. The summed E-state index contributed by atoms with van der Waals surface area (Å²) in [6, 6.07) is 0.561. The minimum absolute atomic E-state index is 0.297. The van der Waals surface area contributed by atoms with E-state index in [1.54, 1.807) is 0 Å². The minimum Gasteiger partial charge on any atom is -0.383 e. The van der Waals surface area contributed by atoms with Crippen LogP contribution in [-0.4, -0.2) is 23.1 Å². The second kappa shape index (κ2) is 5.82. The Hall–Kier alpha value is -1.32. The maximum Gasteiger partial charge on any atom is 0.137 e. The molecule has 4 nitrogen and oxygen atoms in total. The predicted octanol–water partition coefficient (Wildman–Crippen LogP) is 3.90. The molecule has 1 heterocycles. The summed E-state index contributed by atoms with van der Waals surface area (Å²) in [7, 11) is 2.15. The van der Waals surface area contributed by atoms with E-state index in [0.29, 0.717) is 23.2 Å². The molecule has 0 aromatic carbocycles. The molecule has 2 rings (SSSR count). The summed E-state index contributed by atoms with van der Waals surface area (Å²) in [5.74, 6) is 2.77. The highest BCUT2D eigenvalue weighted by Crippen LogP contribution is 2.38. The van der Waals surface area contributed by atoms with Gasteiger partial charge < -0.3 is 10.6 Å². The van der Waals surface area contributed by atoms with Gasteiger partial charge in [-0.3, -0.25) is 0 Å². The molecule has 0 aliphatic heterocycles. The molecule has 0 atom stereocenters. The van der Waals surface area contributed by atoms with Crippen LogP contribution < -0.4 is 10.6 Å². The van der Waals surface area contributed by atoms with Gasteiger partial charge in [-0.05, 0) is 38.0 Å². The molecule has 0 amide bonds. The maximum absolute atomic E-state index is 6.09. The van der Waals surface area contributed by atoms with Crippen LogP contribution >= 0.6 is 0 Å². The highest BCUT2D eigenvalue weighted by molar-refractivity contribution is 5.56. The largest absolute Gasteiger partial charge is 0.383 e. The van der Waals surface area contributed by atoms with Crippen molar-refractivity contribution in [1.29, 1.82) is 0 Å². The first-order valence-corrected chi connectivity index (χ1v) is 8.08. The van der Waals surface area contributed by atoms with Crippen LogP contribution in [0, 0.1) is 12.3 Å². The number of nitrogens with zero attached hydrogens (tertiary/aromatic N) is 3. The van der Waals surface area contributed by atoms with E-state index >= 15 is 0 Å². The summed E-state index contributed by atoms with van der Waals surface area (Å²) >= 11 is 0. The van der Waals surface area contributed by atoms with Gasteiger partial charge in [0, 0.05) is 24.6 Å². The van der Waals surface area contributed by atoms with Crippen LogP contribution in [0.5, 0.6) is 0 Å². The first kappa shape index (κ1) is 16.1. The molecule has 0 bridgehead atoms. The van der Waals surface area contributed by atoms with Crippen LogP contribution in [0.15, 0.2) is 0 Å². The molecule has 4 heteroatoms. The molecule has 0 unspecified atom stereocenters. The van der Waals surface area contributed by atoms with Gasteiger partial charge in [0.25, 0.3) is 0 Å². The zero-order valence-electron chi connectivity index (χ0n) is 14.4. The fraction of sp³-hybridized carbons (Fsp3) is 0.765. The van der Waals surface area contributed by atoms with Crippen molar-refractivity contribution in [3.63, 3.8) is 0 Å². The topological polar surface area (TPSA) is 55.0 Å². The molecule has 21 heavy (non-hydrogen) atoms. The van der Waals surface area contributed by atoms with Crippen molar-refractivity contribution >= 4 is 11.6 Å². The highest BCUT2D eigenvalue weighted by Gasteiger charge is 2.30. The van der Waals surface area contributed by atoms with Crippen molar-refractivity contribution in [3.05, 3.63) is 11.4 Å². The summed E-state index contributed by atoms with van der Waals surface area (Å²) in [4.78, 5) is 11.5. The quantitative estimate of drug-likeness (QED) is 0.917. The van der Waals surface area contributed by atoms with Gasteiger partial charge in [0.1, 0.15) is 17.5 Å². The van der Waals surface area contributed by atoms with E-state index in [-0.39, 0.29) is 0 Å². The summed E-state index contributed by atoms with van der Waals surface area (Å²) < 4.78 is 0. The highest BCUT2D eigenvalue weighted by atomic mass is 15.2. The fourth-order valence-corrected chi connectivity index (χ4v) is 3.09. The first-order valence-electron chi connectivity index (χ1n) is 8.08. The SMILES string of the molecule is Cc1c(N)nc(C(C)C)nc1N(C)C1CCC(C)(C)CC1. The van der Waals surface area contributed by atoms with Gasteiger partial charge in [0.2, 0.25) is 0 Å². The average molecular weight is 290 g/mol. The molecule has 118 valence electrons. The van der Waals surface area contributed by atoms with E-state index < -0.39 is 0 Å². The number of rotatable bonds is 3. The summed E-state index contributed by atoms with van der Waals surface area (Å²) in [5, 5.41) is 0. The number of nitrogen functional groups attached to an aromatic ring is 1. The van der Waals surface area contributed by atoms with E-state index in [9.17, 15) is 0 Å². The molecule has 0 radical (unpaired) electrons.